The summed E-state index contributed by atoms with van der Waals surface area (Å²) in [4.78, 5) is 39.3. The highest BCUT2D eigenvalue weighted by atomic mass is 128. The number of ether oxygens (including phenoxy) is 4. The summed E-state index contributed by atoms with van der Waals surface area (Å²) in [5.74, 6) is -2.86. The maximum atomic E-state index is 14.5. The largest absolute Gasteiger partial charge is 0.459 e. The molecule has 9 atom stereocenters. The molecule has 2 saturated carbocycles. The van der Waals surface area contributed by atoms with Crippen molar-refractivity contribution in [3.63, 3.8) is 0 Å². The first-order valence-electron chi connectivity index (χ1n) is 12.4. The summed E-state index contributed by atoms with van der Waals surface area (Å²) in [7, 11) is 1.44. The van der Waals surface area contributed by atoms with Gasteiger partial charge in [-0.1, -0.05) is 26.3 Å². The lowest BCUT2D eigenvalue weighted by molar-refractivity contribution is -0.347. The van der Waals surface area contributed by atoms with E-state index in [4.69, 9.17) is 18.9 Å². The highest BCUT2D eigenvalue weighted by Crippen LogP contribution is 2.64. The van der Waals surface area contributed by atoms with Crippen LogP contribution in [-0.4, -0.2) is 77.3 Å². The van der Waals surface area contributed by atoms with Crippen molar-refractivity contribution in [1.29, 1.82) is 0 Å². The number of Topliss-reactive ketones (excluding diaryl/α,β-unsaturated/α-hetero) is 1. The third-order valence-electron chi connectivity index (χ3n) is 9.56. The number of aliphatic hydroxyl groups is 2. The maximum absolute atomic E-state index is 14.5. The molecule has 1 saturated heterocycles. The molecule has 0 aromatic heterocycles. The van der Waals surface area contributed by atoms with E-state index in [0.717, 1.165) is 5.57 Å². The van der Waals surface area contributed by atoms with E-state index in [1.165, 1.54) is 21.0 Å². The number of hydrogen-bond donors (Lipinski definition) is 2. The Kier molecular flexibility index (Phi) is 8.90. The van der Waals surface area contributed by atoms with E-state index in [0.29, 0.717) is 5.57 Å². The minimum absolute atomic E-state index is 0.0410. The molecule has 4 rings (SSSR count). The summed E-state index contributed by atoms with van der Waals surface area (Å²) in [6.45, 7) is 11.6. The van der Waals surface area contributed by atoms with E-state index in [1.54, 1.807) is 6.92 Å². The van der Waals surface area contributed by atoms with Crippen LogP contribution in [0.3, 0.4) is 0 Å². The number of rotatable bonds is 3. The molecule has 3 aliphatic carbocycles. The number of carbonyl (C=O) groups is 3. The molecule has 0 aromatic rings. The molecule has 3 fully saturated rings. The van der Waals surface area contributed by atoms with Crippen molar-refractivity contribution in [2.75, 3.05) is 13.7 Å². The zero-order valence-electron chi connectivity index (χ0n) is 22.6. The number of allylic oxidation sites excluding steroid dienone is 1. The topological polar surface area (TPSA) is 129 Å². The predicted molar refractivity (Wildman–Crippen MR) is 151 cm³/mol. The first kappa shape index (κ1) is 31.2. The van der Waals surface area contributed by atoms with Crippen LogP contribution in [0, 0.1) is 22.7 Å². The fourth-order valence-corrected chi connectivity index (χ4v) is 7.53. The van der Waals surface area contributed by atoms with Gasteiger partial charge in [-0.3, -0.25) is 14.4 Å². The molecule has 1 aliphatic heterocycles. The van der Waals surface area contributed by atoms with Gasteiger partial charge in [0.15, 0.2) is 11.4 Å². The lowest BCUT2D eigenvalue weighted by Gasteiger charge is -2.67. The predicted octanol–water partition coefficient (Wildman–Crippen LogP) is 3.49. The molecule has 0 aromatic carbocycles. The third kappa shape index (κ3) is 4.32. The minimum Gasteiger partial charge on any atom is -0.459 e. The summed E-state index contributed by atoms with van der Waals surface area (Å²) in [6.07, 6.45) is -3.96. The zero-order valence-corrected chi connectivity index (χ0v) is 26.9. The van der Waals surface area contributed by atoms with Crippen molar-refractivity contribution >= 4 is 55.0 Å². The van der Waals surface area contributed by atoms with Gasteiger partial charge in [0.05, 0.1) is 24.0 Å². The number of methoxy groups -OCH3 is 1. The number of aliphatic hydroxyl groups excluding tert-OH is 1. The van der Waals surface area contributed by atoms with Gasteiger partial charge >= 0.3 is 11.9 Å². The second kappa shape index (κ2) is 10.6. The van der Waals surface area contributed by atoms with Crippen LogP contribution in [0.5, 0.6) is 0 Å². The van der Waals surface area contributed by atoms with Crippen molar-refractivity contribution in [2.45, 2.75) is 96.9 Å². The Hall–Kier alpha value is -0.350. The molecule has 7 unspecified atom stereocenters. The second-order valence-corrected chi connectivity index (χ2v) is 11.6. The van der Waals surface area contributed by atoms with Gasteiger partial charge in [-0.15, -0.1) is 0 Å². The van der Waals surface area contributed by atoms with Gasteiger partial charge in [0.1, 0.15) is 23.9 Å². The number of fused-ring (bicyclic) bond motifs is 5. The normalized spacial score (nSPS) is 44.1. The molecule has 0 radical (unpaired) electrons. The lowest BCUT2D eigenvalue weighted by Crippen LogP contribution is -2.81. The molecular formula is C26H38I2O9. The van der Waals surface area contributed by atoms with Gasteiger partial charge in [0, 0.05) is 70.0 Å². The zero-order chi connectivity index (χ0) is 28.3. The second-order valence-electron chi connectivity index (χ2n) is 11.6. The molecule has 37 heavy (non-hydrogen) atoms. The van der Waals surface area contributed by atoms with Gasteiger partial charge in [0.2, 0.25) is 0 Å². The summed E-state index contributed by atoms with van der Waals surface area (Å²) < 4.78 is 23.4. The monoisotopic (exact) mass is 748 g/mol. The first-order chi connectivity index (χ1) is 17.1. The fourth-order valence-electron chi connectivity index (χ4n) is 7.53. The molecule has 2 bridgehead atoms. The van der Waals surface area contributed by atoms with Gasteiger partial charge < -0.3 is 29.2 Å². The van der Waals surface area contributed by atoms with Crippen molar-refractivity contribution in [3.8, 4) is 0 Å². The quantitative estimate of drug-likeness (QED) is 0.254. The van der Waals surface area contributed by atoms with Crippen LogP contribution >= 0.6 is 37.2 Å². The number of ketones is 1. The Bertz CT molecular complexity index is 997. The van der Waals surface area contributed by atoms with Crippen LogP contribution in [-0.2, 0) is 33.3 Å². The average Bonchev–Trinajstić information content (AvgIpc) is 2.80. The molecule has 0 spiro atoms. The number of hydrogen-bond acceptors (Lipinski definition) is 9. The van der Waals surface area contributed by atoms with E-state index in [9.17, 15) is 24.6 Å². The van der Waals surface area contributed by atoms with E-state index < -0.39 is 70.1 Å². The molecule has 1 heterocycles. The van der Waals surface area contributed by atoms with Crippen LogP contribution < -0.4 is 0 Å². The lowest BCUT2D eigenvalue weighted by atomic mass is 9.44. The van der Waals surface area contributed by atoms with Gasteiger partial charge in [0.25, 0.3) is 0 Å². The fraction of sp³-hybridized carbons (Fsp3) is 0.808. The van der Waals surface area contributed by atoms with Gasteiger partial charge in [-0.25, -0.2) is 0 Å². The van der Waals surface area contributed by atoms with Crippen LogP contribution in [0.25, 0.3) is 0 Å². The van der Waals surface area contributed by atoms with Crippen molar-refractivity contribution in [1.82, 2.24) is 0 Å². The highest BCUT2D eigenvalue weighted by molar-refractivity contribution is 15.0. The van der Waals surface area contributed by atoms with Crippen LogP contribution in [0.2, 0.25) is 0 Å². The Labute approximate surface area is 241 Å². The van der Waals surface area contributed by atoms with E-state index in [2.05, 4.69) is 37.2 Å². The van der Waals surface area contributed by atoms with Crippen LogP contribution in [0.4, 0.5) is 0 Å². The molecule has 9 nitrogen and oxygen atoms in total. The SMILES string of the molecule is COC1C(=O)[C@]2(C)C(O)CC3OC[C@@]3(OC(C)=O)C2C(OC(C)=O)C2(O)CC(C)C(C)=C1C2(C)C.II. The minimum atomic E-state index is -1.67. The molecular weight excluding hydrogens is 710 g/mol. The average molecular weight is 748 g/mol. The standard InChI is InChI=1S/C26H38O9.I2/c1-12-10-26(31)22(34-14(3)27)20-24(7,16(29)9-17-25(20,11-33-17)35-15(4)28)21(30)19(32-8)18(13(12)2)23(26,5)6;1-2/h12,16-17,19-20,22,29,31H,9-11H2,1-8H3;/t12?,16?,17?,19?,20?,22?,24-,25+,26?;/m1./s1. The number of esters is 2. The Morgan fingerprint density at radius 3 is 2.19 bits per heavy atom. The number of halogens is 2. The molecule has 2 N–H and O–H groups in total. The Morgan fingerprint density at radius 2 is 1.73 bits per heavy atom. The maximum Gasteiger partial charge on any atom is 0.303 e. The Balaban J connectivity index is 0.00000186. The van der Waals surface area contributed by atoms with Gasteiger partial charge in [-0.05, 0) is 31.8 Å². The first-order valence-corrected chi connectivity index (χ1v) is 18.7. The molecule has 11 heteroatoms. The molecule has 210 valence electrons. The molecule has 4 aliphatic rings. The van der Waals surface area contributed by atoms with E-state index >= 15 is 0 Å². The van der Waals surface area contributed by atoms with Crippen molar-refractivity contribution in [2.24, 2.45) is 22.7 Å². The molecule has 0 amide bonds. The third-order valence-corrected chi connectivity index (χ3v) is 9.56. The van der Waals surface area contributed by atoms with Crippen molar-refractivity contribution in [3.05, 3.63) is 11.1 Å². The van der Waals surface area contributed by atoms with E-state index in [-0.39, 0.29) is 25.4 Å². The smallest absolute Gasteiger partial charge is 0.303 e. The van der Waals surface area contributed by atoms with Crippen molar-refractivity contribution < 1.29 is 43.5 Å². The van der Waals surface area contributed by atoms with E-state index in [1.807, 2.05) is 27.7 Å². The summed E-state index contributed by atoms with van der Waals surface area (Å²) in [5, 5.41) is 24.1. The summed E-state index contributed by atoms with van der Waals surface area (Å²) in [5.41, 5.74) is -4.11. The summed E-state index contributed by atoms with van der Waals surface area (Å²) in [6, 6.07) is 0. The number of carbonyl (C=O) groups excluding carboxylic acids is 3. The Morgan fingerprint density at radius 1 is 1.14 bits per heavy atom. The summed E-state index contributed by atoms with van der Waals surface area (Å²) >= 11 is 4.24. The highest BCUT2D eigenvalue weighted by Gasteiger charge is 2.77. The van der Waals surface area contributed by atoms with Gasteiger partial charge in [-0.2, -0.15) is 0 Å². The van der Waals surface area contributed by atoms with Crippen LogP contribution in [0.1, 0.15) is 61.3 Å². The van der Waals surface area contributed by atoms with Crippen LogP contribution in [0.15, 0.2) is 11.1 Å².